The summed E-state index contributed by atoms with van der Waals surface area (Å²) in [7, 11) is 2.00. The topological polar surface area (TPSA) is 29.5 Å². The molecule has 0 amide bonds. The Bertz CT molecular complexity index is 427. The Kier molecular flexibility index (Phi) is 5.20. The number of carbonyl (C=O) groups is 1. The lowest BCUT2D eigenvalue weighted by molar-refractivity contribution is 0.101. The van der Waals surface area contributed by atoms with Crippen LogP contribution in [0.2, 0.25) is 0 Å². The van der Waals surface area contributed by atoms with E-state index in [1.165, 1.54) is 5.56 Å². The molecule has 0 atom stereocenters. The number of hydrogen-bond donors (Lipinski definition) is 0. The first kappa shape index (κ1) is 14.6. The first-order valence-electron chi connectivity index (χ1n) is 6.56. The normalized spacial score (nSPS) is 10.3. The largest absolute Gasteiger partial charge is 0.493 e. The summed E-state index contributed by atoms with van der Waals surface area (Å²) in [6.07, 6.45) is 0.933. The molecule has 0 aliphatic heterocycles. The number of aryl methyl sites for hydroxylation is 1. The van der Waals surface area contributed by atoms with Crippen LogP contribution in [-0.2, 0) is 6.42 Å². The van der Waals surface area contributed by atoms with E-state index in [4.69, 9.17) is 4.74 Å². The number of nitrogens with zero attached hydrogens (tertiary/aromatic N) is 1. The van der Waals surface area contributed by atoms with Gasteiger partial charge in [-0.25, -0.2) is 0 Å². The fraction of sp³-hybridized carbons (Fsp3) is 0.533. The molecule has 0 fully saturated rings. The summed E-state index contributed by atoms with van der Waals surface area (Å²) in [5.41, 5.74) is 2.85. The Balaban J connectivity index is 3.43. The average Bonchev–Trinajstić information content (AvgIpc) is 2.36. The molecule has 1 rings (SSSR count). The van der Waals surface area contributed by atoms with Crippen LogP contribution in [0.15, 0.2) is 12.1 Å². The SMILES string of the molecule is CCOc1cc(CC)cc(N(C)CC)c1C(C)=O. The molecule has 0 spiro atoms. The summed E-state index contributed by atoms with van der Waals surface area (Å²) in [6.45, 7) is 9.14. The molecule has 0 unspecified atom stereocenters. The van der Waals surface area contributed by atoms with Gasteiger partial charge in [-0.05, 0) is 44.9 Å². The third-order valence-electron chi connectivity index (χ3n) is 3.09. The lowest BCUT2D eigenvalue weighted by atomic mass is 10.0. The first-order chi connectivity index (χ1) is 8.54. The molecular weight excluding hydrogens is 226 g/mol. The summed E-state index contributed by atoms with van der Waals surface area (Å²) in [5.74, 6) is 0.760. The van der Waals surface area contributed by atoms with E-state index in [9.17, 15) is 4.79 Å². The quantitative estimate of drug-likeness (QED) is 0.724. The monoisotopic (exact) mass is 249 g/mol. The van der Waals surface area contributed by atoms with Crippen LogP contribution in [0.25, 0.3) is 0 Å². The van der Waals surface area contributed by atoms with Crippen LogP contribution >= 0.6 is 0 Å². The van der Waals surface area contributed by atoms with Crippen molar-refractivity contribution in [1.29, 1.82) is 0 Å². The maximum absolute atomic E-state index is 11.9. The van der Waals surface area contributed by atoms with Crippen LogP contribution in [-0.4, -0.2) is 26.0 Å². The van der Waals surface area contributed by atoms with Crippen molar-refractivity contribution < 1.29 is 9.53 Å². The fourth-order valence-corrected chi connectivity index (χ4v) is 1.95. The molecule has 0 saturated heterocycles. The molecule has 18 heavy (non-hydrogen) atoms. The van der Waals surface area contributed by atoms with Crippen LogP contribution in [0.4, 0.5) is 5.69 Å². The number of benzene rings is 1. The van der Waals surface area contributed by atoms with Crippen molar-refractivity contribution in [3.8, 4) is 5.75 Å². The van der Waals surface area contributed by atoms with Gasteiger partial charge in [0.25, 0.3) is 0 Å². The number of rotatable bonds is 6. The molecular formula is C15H23NO2. The molecule has 3 heteroatoms. The Hall–Kier alpha value is -1.51. The van der Waals surface area contributed by atoms with E-state index in [0.717, 1.165) is 18.7 Å². The number of anilines is 1. The Morgan fingerprint density at radius 2 is 1.94 bits per heavy atom. The van der Waals surface area contributed by atoms with Crippen molar-refractivity contribution in [1.82, 2.24) is 0 Å². The predicted molar refractivity (Wildman–Crippen MR) is 75.9 cm³/mol. The van der Waals surface area contributed by atoms with Crippen molar-refractivity contribution in [3.63, 3.8) is 0 Å². The smallest absolute Gasteiger partial charge is 0.165 e. The van der Waals surface area contributed by atoms with Crippen molar-refractivity contribution in [3.05, 3.63) is 23.3 Å². The van der Waals surface area contributed by atoms with E-state index in [1.807, 2.05) is 20.0 Å². The lowest BCUT2D eigenvalue weighted by Crippen LogP contribution is -2.19. The zero-order chi connectivity index (χ0) is 13.7. The van der Waals surface area contributed by atoms with Gasteiger partial charge in [-0.1, -0.05) is 6.92 Å². The van der Waals surface area contributed by atoms with Gasteiger partial charge in [-0.2, -0.15) is 0 Å². The van der Waals surface area contributed by atoms with Gasteiger partial charge in [0.15, 0.2) is 5.78 Å². The lowest BCUT2D eigenvalue weighted by Gasteiger charge is -2.23. The molecule has 0 N–H and O–H groups in total. The zero-order valence-corrected chi connectivity index (χ0v) is 12.0. The molecule has 0 radical (unpaired) electrons. The molecule has 0 heterocycles. The second kappa shape index (κ2) is 6.43. The summed E-state index contributed by atoms with van der Waals surface area (Å²) < 4.78 is 5.63. The van der Waals surface area contributed by atoms with Crippen molar-refractivity contribution in [2.45, 2.75) is 34.1 Å². The van der Waals surface area contributed by atoms with Crippen molar-refractivity contribution in [2.24, 2.45) is 0 Å². The van der Waals surface area contributed by atoms with E-state index in [-0.39, 0.29) is 5.78 Å². The van der Waals surface area contributed by atoms with E-state index in [1.54, 1.807) is 6.92 Å². The van der Waals surface area contributed by atoms with Gasteiger partial charge in [0.1, 0.15) is 5.75 Å². The number of ketones is 1. The number of hydrogen-bond acceptors (Lipinski definition) is 3. The third-order valence-corrected chi connectivity index (χ3v) is 3.09. The van der Waals surface area contributed by atoms with E-state index in [2.05, 4.69) is 24.8 Å². The van der Waals surface area contributed by atoms with E-state index >= 15 is 0 Å². The third kappa shape index (κ3) is 3.03. The van der Waals surface area contributed by atoms with Gasteiger partial charge in [-0.3, -0.25) is 4.79 Å². The van der Waals surface area contributed by atoms with Gasteiger partial charge in [0, 0.05) is 13.6 Å². The summed E-state index contributed by atoms with van der Waals surface area (Å²) >= 11 is 0. The highest BCUT2D eigenvalue weighted by molar-refractivity contribution is 6.02. The van der Waals surface area contributed by atoms with Gasteiger partial charge in [-0.15, -0.1) is 0 Å². The molecule has 0 saturated carbocycles. The van der Waals surface area contributed by atoms with Crippen molar-refractivity contribution in [2.75, 3.05) is 25.1 Å². The van der Waals surface area contributed by atoms with Crippen LogP contribution < -0.4 is 9.64 Å². The standard InChI is InChI=1S/C15H23NO2/c1-6-12-9-13(16(5)7-2)15(11(4)17)14(10-12)18-8-3/h9-10H,6-8H2,1-5H3. The Morgan fingerprint density at radius 3 is 2.39 bits per heavy atom. The van der Waals surface area contributed by atoms with Gasteiger partial charge < -0.3 is 9.64 Å². The van der Waals surface area contributed by atoms with E-state index in [0.29, 0.717) is 17.9 Å². The van der Waals surface area contributed by atoms with Crippen molar-refractivity contribution >= 4 is 11.5 Å². The molecule has 0 aliphatic rings. The molecule has 0 aliphatic carbocycles. The molecule has 100 valence electrons. The zero-order valence-electron chi connectivity index (χ0n) is 12.0. The highest BCUT2D eigenvalue weighted by atomic mass is 16.5. The summed E-state index contributed by atoms with van der Waals surface area (Å²) in [4.78, 5) is 14.0. The van der Waals surface area contributed by atoms with Crippen LogP contribution in [0, 0.1) is 0 Å². The molecule has 1 aromatic rings. The van der Waals surface area contributed by atoms with Gasteiger partial charge in [0.05, 0.1) is 17.9 Å². The highest BCUT2D eigenvalue weighted by Crippen LogP contribution is 2.32. The second-order valence-corrected chi connectivity index (χ2v) is 4.35. The van der Waals surface area contributed by atoms with Crippen LogP contribution in [0.5, 0.6) is 5.75 Å². The van der Waals surface area contributed by atoms with Gasteiger partial charge >= 0.3 is 0 Å². The molecule has 0 aromatic heterocycles. The summed E-state index contributed by atoms with van der Waals surface area (Å²) in [5, 5.41) is 0. The predicted octanol–water partition coefficient (Wildman–Crippen LogP) is 3.31. The minimum atomic E-state index is 0.0522. The molecule has 0 bridgehead atoms. The second-order valence-electron chi connectivity index (χ2n) is 4.35. The Morgan fingerprint density at radius 1 is 1.28 bits per heavy atom. The van der Waals surface area contributed by atoms with Crippen LogP contribution in [0.1, 0.15) is 43.6 Å². The number of ether oxygens (including phenoxy) is 1. The highest BCUT2D eigenvalue weighted by Gasteiger charge is 2.17. The van der Waals surface area contributed by atoms with Crippen LogP contribution in [0.3, 0.4) is 0 Å². The number of carbonyl (C=O) groups excluding carboxylic acids is 1. The fourth-order valence-electron chi connectivity index (χ4n) is 1.95. The average molecular weight is 249 g/mol. The Labute approximate surface area is 110 Å². The minimum Gasteiger partial charge on any atom is -0.493 e. The van der Waals surface area contributed by atoms with E-state index < -0.39 is 0 Å². The molecule has 3 nitrogen and oxygen atoms in total. The first-order valence-corrected chi connectivity index (χ1v) is 6.56. The summed E-state index contributed by atoms with van der Waals surface area (Å²) in [6, 6.07) is 4.07. The van der Waals surface area contributed by atoms with Gasteiger partial charge in [0.2, 0.25) is 0 Å². The maximum atomic E-state index is 11.9. The minimum absolute atomic E-state index is 0.0522. The molecule has 1 aromatic carbocycles. The maximum Gasteiger partial charge on any atom is 0.165 e. The number of Topliss-reactive ketones (excluding diaryl/α,β-unsaturated/α-hetero) is 1.